The second kappa shape index (κ2) is 15.0. The number of para-hydroxylation sites is 1. The number of esters is 2. The highest BCUT2D eigenvalue weighted by atomic mass is 16.6. The fraction of sp³-hybridized carbons (Fsp3) is 0.571. The highest BCUT2D eigenvalue weighted by molar-refractivity contribution is 5.94. The number of nitrogens with one attached hydrogen (secondary N) is 2. The molecule has 1 spiro atoms. The Morgan fingerprint density at radius 2 is 1.85 bits per heavy atom. The fourth-order valence-electron chi connectivity index (χ4n) is 13.4. The number of aliphatic hydroxyl groups is 1. The molecule has 6 aliphatic rings. The van der Waals surface area contributed by atoms with Crippen LogP contribution in [0.4, 0.5) is 5.69 Å². The molecule has 6 heterocycles. The number of ether oxygens (including phenoxy) is 3. The molecule has 1 aromatic heterocycles. The molecule has 2 fully saturated rings. The van der Waals surface area contributed by atoms with Crippen LogP contribution in [0, 0.1) is 17.3 Å². The van der Waals surface area contributed by atoms with Gasteiger partial charge in [-0.25, -0.2) is 0 Å². The Morgan fingerprint density at radius 1 is 1.07 bits per heavy atom. The number of rotatable bonds is 9. The van der Waals surface area contributed by atoms with Gasteiger partial charge in [0.1, 0.15) is 22.9 Å². The first-order chi connectivity index (χ1) is 29.2. The lowest BCUT2D eigenvalue weighted by Gasteiger charge is -2.64. The number of aromatic nitrogens is 1. The summed E-state index contributed by atoms with van der Waals surface area (Å²) in [5.41, 5.74) is 2.31. The van der Waals surface area contributed by atoms with Crippen LogP contribution in [0.2, 0.25) is 0 Å². The smallest absolute Gasteiger partial charge is 0.322 e. The Labute approximate surface area is 359 Å². The first-order valence-electron chi connectivity index (χ1n) is 22.4. The van der Waals surface area contributed by atoms with E-state index in [9.17, 15) is 14.7 Å². The molecule has 2 aromatic carbocycles. The van der Waals surface area contributed by atoms with Crippen LogP contribution in [0.5, 0.6) is 5.75 Å². The standard InChI is InChI=1S/C49H63N5O7/c1-9-31-22-32-25-48(45(57)60-8,40-34(16-20-53(26-31)27-32)33-14-11-12-15-37(33)51-40)36-23-35-38(24-39(36)59-7)52(6)43-47(35)18-21-54-19-13-17-46(10-2,42(47)54)44(61-30(5)55)49(43,58)28-50-41(56)29(3)4/h11-15,17,22-24,29,32,42-44,51,58H,9-10,16,18-21,25-28H2,1-8H3,(H,50,56)/t32-,42-,43+,44+,46+,47+,48-,49-/m0/s1. The molecular weight excluding hydrogens is 771 g/mol. The first-order valence-corrected chi connectivity index (χ1v) is 22.4. The Bertz CT molecular complexity index is 2340. The van der Waals surface area contributed by atoms with Gasteiger partial charge in [0.05, 0.1) is 26.8 Å². The van der Waals surface area contributed by atoms with E-state index < -0.39 is 40.0 Å². The number of anilines is 1. The van der Waals surface area contributed by atoms with Crippen molar-refractivity contribution < 1.29 is 33.7 Å². The fourth-order valence-corrected chi connectivity index (χ4v) is 13.4. The lowest BCUT2D eigenvalue weighted by molar-refractivity contribution is -0.217. The van der Waals surface area contributed by atoms with E-state index in [-0.39, 0.29) is 36.3 Å². The summed E-state index contributed by atoms with van der Waals surface area (Å²) in [6.45, 7) is 13.3. The number of fused-ring (bicyclic) bond motifs is 6. The normalized spacial score (nSPS) is 33.7. The molecule has 0 radical (unpaired) electrons. The summed E-state index contributed by atoms with van der Waals surface area (Å²) in [6, 6.07) is 11.8. The molecule has 9 atom stereocenters. The predicted octanol–water partition coefficient (Wildman–Crippen LogP) is 5.40. The van der Waals surface area contributed by atoms with Crippen molar-refractivity contribution in [3.8, 4) is 5.75 Å². The summed E-state index contributed by atoms with van der Waals surface area (Å²) in [4.78, 5) is 53.0. The van der Waals surface area contributed by atoms with Crippen molar-refractivity contribution in [3.63, 3.8) is 0 Å². The number of carbonyl (C=O) groups is 3. The number of carbonyl (C=O) groups excluding carboxylic acids is 3. The van der Waals surface area contributed by atoms with Gasteiger partial charge >= 0.3 is 11.9 Å². The van der Waals surface area contributed by atoms with E-state index >= 15 is 4.79 Å². The highest BCUT2D eigenvalue weighted by Crippen LogP contribution is 2.68. The van der Waals surface area contributed by atoms with Crippen molar-refractivity contribution in [2.75, 3.05) is 65.4 Å². The third kappa shape index (κ3) is 5.83. The molecule has 3 aromatic rings. The third-order valence-corrected chi connectivity index (χ3v) is 15.7. The highest BCUT2D eigenvalue weighted by Gasteiger charge is 2.78. The van der Waals surface area contributed by atoms with Gasteiger partial charge in [0.25, 0.3) is 0 Å². The summed E-state index contributed by atoms with van der Waals surface area (Å²) in [7, 11) is 5.15. The van der Waals surface area contributed by atoms with Crippen LogP contribution in [0.1, 0.15) is 82.7 Å². The maximum absolute atomic E-state index is 15.4. The lowest BCUT2D eigenvalue weighted by atomic mass is 9.47. The molecule has 12 nitrogen and oxygen atoms in total. The van der Waals surface area contributed by atoms with Crippen LogP contribution >= 0.6 is 0 Å². The van der Waals surface area contributed by atoms with Gasteiger partial charge in [-0.2, -0.15) is 0 Å². The summed E-state index contributed by atoms with van der Waals surface area (Å²) < 4.78 is 18.8. The Hall–Kier alpha value is -4.65. The van der Waals surface area contributed by atoms with Gasteiger partial charge in [0.2, 0.25) is 5.91 Å². The molecule has 1 amide bonds. The van der Waals surface area contributed by atoms with Crippen molar-refractivity contribution >= 4 is 34.4 Å². The molecule has 1 saturated carbocycles. The topological polar surface area (TPSA) is 137 Å². The largest absolute Gasteiger partial charge is 0.496 e. The molecule has 1 unspecified atom stereocenters. The molecule has 12 heteroatoms. The van der Waals surface area contributed by atoms with Gasteiger partial charge in [0, 0.05) is 96.9 Å². The van der Waals surface area contributed by atoms with Crippen LogP contribution in [-0.2, 0) is 41.1 Å². The molecule has 61 heavy (non-hydrogen) atoms. The molecule has 9 rings (SSSR count). The Kier molecular flexibility index (Phi) is 10.3. The summed E-state index contributed by atoms with van der Waals surface area (Å²) >= 11 is 0. The van der Waals surface area contributed by atoms with Gasteiger partial charge < -0.3 is 34.5 Å². The molecular formula is C49H63N5O7. The minimum absolute atomic E-state index is 0.0405. The first kappa shape index (κ1) is 41.7. The van der Waals surface area contributed by atoms with E-state index in [2.05, 4.69) is 87.4 Å². The van der Waals surface area contributed by atoms with E-state index in [4.69, 9.17) is 14.2 Å². The van der Waals surface area contributed by atoms with Crippen LogP contribution < -0.4 is 15.0 Å². The quantitative estimate of drug-likeness (QED) is 0.190. The number of aromatic amines is 1. The minimum Gasteiger partial charge on any atom is -0.496 e. The molecule has 1 aliphatic carbocycles. The average Bonchev–Trinajstić information content (AvgIpc) is 3.92. The number of H-pyrrole nitrogens is 1. The van der Waals surface area contributed by atoms with Gasteiger partial charge in [-0.05, 0) is 67.8 Å². The van der Waals surface area contributed by atoms with Gasteiger partial charge in [0.15, 0.2) is 0 Å². The Balaban J connectivity index is 1.35. The van der Waals surface area contributed by atoms with E-state index in [1.54, 1.807) is 7.11 Å². The van der Waals surface area contributed by atoms with Crippen LogP contribution in [0.15, 0.2) is 60.2 Å². The number of likely N-dealkylation sites (N-methyl/N-ethyl adjacent to an activating group) is 1. The number of nitrogens with zero attached hydrogens (tertiary/aromatic N) is 3. The number of hydrogen-bond acceptors (Lipinski definition) is 10. The summed E-state index contributed by atoms with van der Waals surface area (Å²) in [5.74, 6) is -0.760. The van der Waals surface area contributed by atoms with E-state index in [0.717, 1.165) is 78.0 Å². The van der Waals surface area contributed by atoms with Crippen molar-refractivity contribution in [3.05, 3.63) is 82.6 Å². The maximum Gasteiger partial charge on any atom is 0.322 e. The average molecular weight is 834 g/mol. The summed E-state index contributed by atoms with van der Waals surface area (Å²) in [5, 5.41) is 17.9. The number of methoxy groups -OCH3 is 2. The second-order valence-corrected chi connectivity index (χ2v) is 19.0. The van der Waals surface area contributed by atoms with Crippen molar-refractivity contribution in [1.82, 2.24) is 20.1 Å². The Morgan fingerprint density at radius 3 is 2.56 bits per heavy atom. The predicted molar refractivity (Wildman–Crippen MR) is 235 cm³/mol. The van der Waals surface area contributed by atoms with Gasteiger partial charge in [-0.1, -0.05) is 69.7 Å². The number of amides is 1. The zero-order chi connectivity index (χ0) is 43.2. The maximum atomic E-state index is 15.4. The zero-order valence-corrected chi connectivity index (χ0v) is 37.1. The minimum atomic E-state index is -1.74. The molecule has 2 bridgehead atoms. The van der Waals surface area contributed by atoms with Crippen molar-refractivity contribution in [1.29, 1.82) is 0 Å². The van der Waals surface area contributed by atoms with Crippen molar-refractivity contribution in [2.24, 2.45) is 17.3 Å². The van der Waals surface area contributed by atoms with Crippen LogP contribution in [-0.4, -0.2) is 122 Å². The molecule has 1 saturated heterocycles. The van der Waals surface area contributed by atoms with E-state index in [1.165, 1.54) is 19.6 Å². The third-order valence-electron chi connectivity index (χ3n) is 15.7. The van der Waals surface area contributed by atoms with Gasteiger partial charge in [-0.15, -0.1) is 0 Å². The molecule has 326 valence electrons. The number of hydrogen-bond donors (Lipinski definition) is 3. The monoisotopic (exact) mass is 833 g/mol. The zero-order valence-electron chi connectivity index (χ0n) is 37.1. The SMILES string of the molecule is CCC1=C[C@@H]2CN(CCc3c([nH]c4ccccc34)[C@@](C(=O)OC)(c3cc4c(cc3OC)N(C)[C@H]3[C@@](O)(CNC(=O)C(C)C)[C@H](OC(C)=O)[C@]5(CC)C=CCN6CC[C@]43[C@@H]65)C2)C1. The lowest BCUT2D eigenvalue weighted by Crippen LogP contribution is -2.81. The van der Waals surface area contributed by atoms with E-state index in [0.29, 0.717) is 31.6 Å². The van der Waals surface area contributed by atoms with Crippen molar-refractivity contribution in [2.45, 2.75) is 101 Å². The number of benzene rings is 2. The van der Waals surface area contributed by atoms with E-state index in [1.807, 2.05) is 27.0 Å². The summed E-state index contributed by atoms with van der Waals surface area (Å²) in [6.07, 6.45) is 9.16. The molecule has 5 aliphatic heterocycles. The van der Waals surface area contributed by atoms with Crippen LogP contribution in [0.3, 0.4) is 0 Å². The molecule has 3 N–H and O–H groups in total. The van der Waals surface area contributed by atoms with Gasteiger partial charge in [-0.3, -0.25) is 24.2 Å². The second-order valence-electron chi connectivity index (χ2n) is 19.0. The van der Waals surface area contributed by atoms with Crippen LogP contribution in [0.25, 0.3) is 10.9 Å².